The van der Waals surface area contributed by atoms with Gasteiger partial charge in [0.2, 0.25) is 5.95 Å². The number of rotatable bonds is 3. The van der Waals surface area contributed by atoms with Crippen LogP contribution in [0.1, 0.15) is 25.0 Å². The number of fused-ring (bicyclic) bond motifs is 11. The first kappa shape index (κ1) is 28.3. The zero-order chi connectivity index (χ0) is 33.8. The second kappa shape index (κ2) is 10.3. The molecular weight excluding hydrogens is 623 g/mol. The lowest BCUT2D eigenvalue weighted by Gasteiger charge is -2.23. The van der Waals surface area contributed by atoms with E-state index in [0.29, 0.717) is 11.5 Å². The summed E-state index contributed by atoms with van der Waals surface area (Å²) < 4.78 is 9.03. The maximum atomic E-state index is 6.72. The highest BCUT2D eigenvalue weighted by molar-refractivity contribution is 6.14. The van der Waals surface area contributed by atoms with Crippen LogP contribution >= 0.6 is 0 Å². The maximum absolute atomic E-state index is 6.72. The van der Waals surface area contributed by atoms with Gasteiger partial charge in [-0.3, -0.25) is 4.57 Å². The molecule has 3 heterocycles. The zero-order valence-corrected chi connectivity index (χ0v) is 28.2. The Bertz CT molecular complexity index is 3040. The van der Waals surface area contributed by atoms with Gasteiger partial charge in [-0.2, -0.15) is 0 Å². The van der Waals surface area contributed by atoms with Crippen LogP contribution in [0.4, 0.5) is 0 Å². The lowest BCUT2D eigenvalue weighted by atomic mass is 9.81. The molecule has 0 aliphatic heterocycles. The first-order chi connectivity index (χ1) is 25.0. The Kier molecular flexibility index (Phi) is 5.70. The van der Waals surface area contributed by atoms with E-state index in [1.807, 2.05) is 6.07 Å². The third-order valence-electron chi connectivity index (χ3n) is 11.0. The second-order valence-corrected chi connectivity index (χ2v) is 14.2. The molecule has 10 aromatic rings. The van der Waals surface area contributed by atoms with Gasteiger partial charge in [0.05, 0.1) is 11.0 Å². The zero-order valence-electron chi connectivity index (χ0n) is 28.2. The molecule has 0 spiro atoms. The van der Waals surface area contributed by atoms with Gasteiger partial charge in [-0.25, -0.2) is 9.97 Å². The predicted octanol–water partition coefficient (Wildman–Crippen LogP) is 12.3. The van der Waals surface area contributed by atoms with Crippen molar-refractivity contribution in [1.29, 1.82) is 0 Å². The van der Waals surface area contributed by atoms with E-state index in [1.165, 1.54) is 38.6 Å². The van der Waals surface area contributed by atoms with Crippen molar-refractivity contribution >= 4 is 54.6 Å². The Balaban J connectivity index is 1.25. The average molecular weight is 654 g/mol. The summed E-state index contributed by atoms with van der Waals surface area (Å²) in [5.74, 6) is 0.631. The second-order valence-electron chi connectivity index (χ2n) is 14.2. The van der Waals surface area contributed by atoms with Crippen molar-refractivity contribution in [3.63, 3.8) is 0 Å². The van der Waals surface area contributed by atoms with Gasteiger partial charge in [-0.15, -0.1) is 0 Å². The lowest BCUT2D eigenvalue weighted by Crippen LogP contribution is -2.17. The lowest BCUT2D eigenvalue weighted by molar-refractivity contribution is 0.662. The van der Waals surface area contributed by atoms with Gasteiger partial charge in [0.25, 0.3) is 0 Å². The van der Waals surface area contributed by atoms with Crippen LogP contribution in [0, 0.1) is 0 Å². The van der Waals surface area contributed by atoms with Gasteiger partial charge >= 0.3 is 0 Å². The molecule has 0 unspecified atom stereocenters. The number of para-hydroxylation sites is 1. The molecule has 51 heavy (non-hydrogen) atoms. The van der Waals surface area contributed by atoms with Crippen LogP contribution in [0.25, 0.3) is 94.1 Å². The Morgan fingerprint density at radius 1 is 0.549 bits per heavy atom. The summed E-state index contributed by atoms with van der Waals surface area (Å²) in [5, 5.41) is 5.64. The van der Waals surface area contributed by atoms with E-state index in [9.17, 15) is 0 Å². The molecule has 3 aromatic heterocycles. The largest absolute Gasteiger partial charge is 0.452 e. The number of furan rings is 1. The number of benzene rings is 7. The minimum atomic E-state index is -0.223. The molecule has 0 fully saturated rings. The molecule has 0 bridgehead atoms. The topological polar surface area (TPSA) is 43.9 Å². The summed E-state index contributed by atoms with van der Waals surface area (Å²) in [6, 6.07) is 53.9. The highest BCUT2D eigenvalue weighted by Crippen LogP contribution is 2.53. The number of aromatic nitrogens is 3. The summed E-state index contributed by atoms with van der Waals surface area (Å²) in [6.07, 6.45) is 0. The number of hydrogen-bond acceptors (Lipinski definition) is 3. The van der Waals surface area contributed by atoms with Crippen molar-refractivity contribution in [2.45, 2.75) is 19.3 Å². The normalized spacial score (nSPS) is 13.5. The average Bonchev–Trinajstić information content (AvgIpc) is 3.79. The molecule has 0 radical (unpaired) electrons. The standard InChI is InChI=1S/C47H31N3O/c1-47(2)38-18-10-8-16-33(38)35-24-25-36-34-17-9-11-19-39(34)50(44(36)41(35)47)46-48-42(30-22-20-29(21-23-30)28-12-4-3-5-13-28)45-43(49-46)37-26-31-14-6-7-15-32(31)27-40(37)51-45/h3-27H,1-2H3. The van der Waals surface area contributed by atoms with E-state index in [0.717, 1.165) is 55.1 Å². The van der Waals surface area contributed by atoms with Crippen LogP contribution in [0.15, 0.2) is 156 Å². The van der Waals surface area contributed by atoms with Gasteiger partial charge in [0.1, 0.15) is 16.8 Å². The minimum absolute atomic E-state index is 0.223. The molecule has 0 saturated carbocycles. The Hall–Kier alpha value is -6.52. The summed E-state index contributed by atoms with van der Waals surface area (Å²) >= 11 is 0. The predicted molar refractivity (Wildman–Crippen MR) is 210 cm³/mol. The smallest absolute Gasteiger partial charge is 0.236 e. The molecular formula is C47H31N3O. The van der Waals surface area contributed by atoms with Crippen molar-refractivity contribution in [2.75, 3.05) is 0 Å². The van der Waals surface area contributed by atoms with Crippen molar-refractivity contribution in [2.24, 2.45) is 0 Å². The molecule has 4 heteroatoms. The third-order valence-corrected chi connectivity index (χ3v) is 11.0. The van der Waals surface area contributed by atoms with Crippen molar-refractivity contribution in [3.05, 3.63) is 163 Å². The quantitative estimate of drug-likeness (QED) is 0.191. The molecule has 7 aromatic carbocycles. The van der Waals surface area contributed by atoms with Crippen molar-refractivity contribution in [3.8, 4) is 39.5 Å². The minimum Gasteiger partial charge on any atom is -0.452 e. The van der Waals surface area contributed by atoms with E-state index in [1.54, 1.807) is 0 Å². The Morgan fingerprint density at radius 3 is 2.08 bits per heavy atom. The fraction of sp³-hybridized carbons (Fsp3) is 0.0638. The van der Waals surface area contributed by atoms with Gasteiger partial charge in [-0.05, 0) is 62.4 Å². The van der Waals surface area contributed by atoms with Gasteiger partial charge in [-0.1, -0.05) is 147 Å². The molecule has 0 N–H and O–H groups in total. The van der Waals surface area contributed by atoms with E-state index < -0.39 is 0 Å². The van der Waals surface area contributed by atoms with Crippen LogP contribution in [0.5, 0.6) is 0 Å². The van der Waals surface area contributed by atoms with Crippen LogP contribution in [0.3, 0.4) is 0 Å². The molecule has 11 rings (SSSR count). The molecule has 0 saturated heterocycles. The fourth-order valence-electron chi connectivity index (χ4n) is 8.58. The molecule has 1 aliphatic rings. The van der Waals surface area contributed by atoms with Crippen molar-refractivity contribution < 1.29 is 4.42 Å². The van der Waals surface area contributed by atoms with Crippen LogP contribution in [0.2, 0.25) is 0 Å². The van der Waals surface area contributed by atoms with E-state index in [-0.39, 0.29) is 5.41 Å². The molecule has 0 amide bonds. The number of nitrogens with zero attached hydrogens (tertiary/aromatic N) is 3. The number of hydrogen-bond donors (Lipinski definition) is 0. The summed E-state index contributed by atoms with van der Waals surface area (Å²) in [7, 11) is 0. The van der Waals surface area contributed by atoms with E-state index in [2.05, 4.69) is 164 Å². The Labute approximate surface area is 294 Å². The van der Waals surface area contributed by atoms with E-state index >= 15 is 0 Å². The molecule has 0 atom stereocenters. The first-order valence-electron chi connectivity index (χ1n) is 17.5. The molecule has 1 aliphatic carbocycles. The van der Waals surface area contributed by atoms with Crippen molar-refractivity contribution in [1.82, 2.24) is 14.5 Å². The van der Waals surface area contributed by atoms with Crippen LogP contribution in [-0.4, -0.2) is 14.5 Å². The SMILES string of the molecule is CC1(C)c2ccccc2-c2ccc3c4ccccc4n(-c4nc(-c5ccc(-c6ccccc6)cc5)c5oc6cc7ccccc7cc6c5n4)c3c21. The molecule has 4 nitrogen and oxygen atoms in total. The maximum Gasteiger partial charge on any atom is 0.236 e. The highest BCUT2D eigenvalue weighted by Gasteiger charge is 2.38. The van der Waals surface area contributed by atoms with Crippen LogP contribution in [-0.2, 0) is 5.41 Å². The monoisotopic (exact) mass is 653 g/mol. The molecule has 240 valence electrons. The fourth-order valence-corrected chi connectivity index (χ4v) is 8.58. The highest BCUT2D eigenvalue weighted by atomic mass is 16.3. The first-order valence-corrected chi connectivity index (χ1v) is 17.5. The van der Waals surface area contributed by atoms with Gasteiger partial charge in [0.15, 0.2) is 5.58 Å². The van der Waals surface area contributed by atoms with Crippen LogP contribution < -0.4 is 0 Å². The summed E-state index contributed by atoms with van der Waals surface area (Å²) in [6.45, 7) is 4.69. The summed E-state index contributed by atoms with van der Waals surface area (Å²) in [4.78, 5) is 10.9. The summed E-state index contributed by atoms with van der Waals surface area (Å²) in [5.41, 5.74) is 13.6. The van der Waals surface area contributed by atoms with Gasteiger partial charge < -0.3 is 4.42 Å². The third kappa shape index (κ3) is 3.96. The van der Waals surface area contributed by atoms with E-state index in [4.69, 9.17) is 14.4 Å². The van der Waals surface area contributed by atoms with Gasteiger partial charge in [0, 0.05) is 27.1 Å². The Morgan fingerprint density at radius 2 is 1.24 bits per heavy atom.